The topological polar surface area (TPSA) is 44.5 Å². The fourth-order valence-electron chi connectivity index (χ4n) is 1.63. The lowest BCUT2D eigenvalue weighted by Crippen LogP contribution is -2.10. The van der Waals surface area contributed by atoms with Crippen LogP contribution in [0.25, 0.3) is 0 Å². The van der Waals surface area contributed by atoms with Crippen molar-refractivity contribution < 1.29 is 9.47 Å². The number of rotatable bonds is 5. The second-order valence-corrected chi connectivity index (χ2v) is 4.04. The van der Waals surface area contributed by atoms with E-state index in [1.807, 2.05) is 12.1 Å². The fraction of sp³-hybridized carbons (Fsp3) is 0.500. The zero-order valence-electron chi connectivity index (χ0n) is 9.92. The number of hydrogen-bond acceptors (Lipinski definition) is 3. The van der Waals surface area contributed by atoms with Gasteiger partial charge in [-0.15, -0.1) is 0 Å². The van der Waals surface area contributed by atoms with Gasteiger partial charge in [0, 0.05) is 6.04 Å². The van der Waals surface area contributed by atoms with Crippen molar-refractivity contribution >= 4 is 11.6 Å². The Morgan fingerprint density at radius 1 is 1.31 bits per heavy atom. The predicted octanol–water partition coefficient (Wildman–Crippen LogP) is 3.16. The van der Waals surface area contributed by atoms with E-state index < -0.39 is 0 Å². The third-order valence-corrected chi connectivity index (χ3v) is 2.76. The number of ether oxygens (including phenoxy) is 2. The molecule has 0 fully saturated rings. The van der Waals surface area contributed by atoms with Crippen molar-refractivity contribution in [3.05, 3.63) is 22.7 Å². The summed E-state index contributed by atoms with van der Waals surface area (Å²) >= 11 is 6.10. The second kappa shape index (κ2) is 5.97. The van der Waals surface area contributed by atoms with Crippen LogP contribution in [-0.2, 0) is 0 Å². The molecule has 2 N–H and O–H groups in total. The summed E-state index contributed by atoms with van der Waals surface area (Å²) in [6, 6.07) is 3.70. The van der Waals surface area contributed by atoms with E-state index in [2.05, 4.69) is 6.92 Å². The van der Waals surface area contributed by atoms with Gasteiger partial charge in [0.2, 0.25) is 0 Å². The Kier molecular flexibility index (Phi) is 4.90. The van der Waals surface area contributed by atoms with Gasteiger partial charge in [-0.2, -0.15) is 0 Å². The second-order valence-electron chi connectivity index (χ2n) is 3.63. The molecule has 0 radical (unpaired) electrons. The molecule has 4 heteroatoms. The van der Waals surface area contributed by atoms with Crippen LogP contribution < -0.4 is 15.2 Å². The molecule has 1 aromatic rings. The molecule has 0 aliphatic heterocycles. The number of methoxy groups -OCH3 is 2. The van der Waals surface area contributed by atoms with Gasteiger partial charge in [0.05, 0.1) is 19.2 Å². The van der Waals surface area contributed by atoms with Gasteiger partial charge in [0.15, 0.2) is 11.5 Å². The number of hydrogen-bond donors (Lipinski definition) is 1. The van der Waals surface area contributed by atoms with E-state index in [1.165, 1.54) is 0 Å². The van der Waals surface area contributed by atoms with Crippen molar-refractivity contribution in [3.8, 4) is 11.5 Å². The summed E-state index contributed by atoms with van der Waals surface area (Å²) in [7, 11) is 3.15. The maximum Gasteiger partial charge on any atom is 0.179 e. The highest BCUT2D eigenvalue weighted by Crippen LogP contribution is 2.37. The Bertz CT molecular complexity index is 355. The molecule has 0 aliphatic carbocycles. The SMILES string of the molecule is CCC[C@@H](N)c1cc(Cl)c(OC)c(OC)c1. The van der Waals surface area contributed by atoms with Crippen LogP contribution in [0.4, 0.5) is 0 Å². The smallest absolute Gasteiger partial charge is 0.179 e. The molecule has 1 rings (SSSR count). The Morgan fingerprint density at radius 3 is 2.50 bits per heavy atom. The van der Waals surface area contributed by atoms with Gasteiger partial charge in [-0.05, 0) is 24.1 Å². The van der Waals surface area contributed by atoms with Gasteiger partial charge >= 0.3 is 0 Å². The minimum absolute atomic E-state index is 0.0118. The van der Waals surface area contributed by atoms with E-state index in [9.17, 15) is 0 Å². The van der Waals surface area contributed by atoms with E-state index >= 15 is 0 Å². The van der Waals surface area contributed by atoms with Crippen LogP contribution >= 0.6 is 11.6 Å². The Hall–Kier alpha value is -0.930. The van der Waals surface area contributed by atoms with Crippen molar-refractivity contribution in [1.29, 1.82) is 0 Å². The normalized spacial score (nSPS) is 12.3. The minimum Gasteiger partial charge on any atom is -0.493 e. The quantitative estimate of drug-likeness (QED) is 0.864. The molecule has 1 aromatic carbocycles. The van der Waals surface area contributed by atoms with Crippen LogP contribution in [-0.4, -0.2) is 14.2 Å². The molecular formula is C12H18ClNO2. The van der Waals surface area contributed by atoms with Gasteiger partial charge in [-0.1, -0.05) is 24.9 Å². The maximum atomic E-state index is 6.10. The van der Waals surface area contributed by atoms with Crippen LogP contribution in [0.1, 0.15) is 31.4 Å². The van der Waals surface area contributed by atoms with Gasteiger partial charge in [-0.25, -0.2) is 0 Å². The molecule has 16 heavy (non-hydrogen) atoms. The molecule has 0 spiro atoms. The van der Waals surface area contributed by atoms with Gasteiger partial charge in [0.25, 0.3) is 0 Å². The highest BCUT2D eigenvalue weighted by molar-refractivity contribution is 6.32. The molecule has 0 unspecified atom stereocenters. The molecular weight excluding hydrogens is 226 g/mol. The lowest BCUT2D eigenvalue weighted by atomic mass is 10.0. The summed E-state index contributed by atoms with van der Waals surface area (Å²) < 4.78 is 10.4. The van der Waals surface area contributed by atoms with Crippen LogP contribution in [0.3, 0.4) is 0 Å². The lowest BCUT2D eigenvalue weighted by molar-refractivity contribution is 0.354. The summed E-state index contributed by atoms with van der Waals surface area (Å²) in [4.78, 5) is 0. The van der Waals surface area contributed by atoms with E-state index in [0.717, 1.165) is 18.4 Å². The van der Waals surface area contributed by atoms with Crippen LogP contribution in [0.5, 0.6) is 11.5 Å². The minimum atomic E-state index is -0.0118. The van der Waals surface area contributed by atoms with Gasteiger partial charge < -0.3 is 15.2 Å². The summed E-state index contributed by atoms with van der Waals surface area (Å²) in [5.41, 5.74) is 7.01. The molecule has 3 nitrogen and oxygen atoms in total. The largest absolute Gasteiger partial charge is 0.493 e. The first-order chi connectivity index (χ1) is 7.63. The van der Waals surface area contributed by atoms with Crippen molar-refractivity contribution in [2.24, 2.45) is 5.73 Å². The zero-order chi connectivity index (χ0) is 12.1. The van der Waals surface area contributed by atoms with Gasteiger partial charge in [-0.3, -0.25) is 0 Å². The van der Waals surface area contributed by atoms with E-state index in [-0.39, 0.29) is 6.04 Å². The summed E-state index contributed by atoms with van der Waals surface area (Å²) in [6.07, 6.45) is 1.96. The number of halogens is 1. The standard InChI is InChI=1S/C12H18ClNO2/c1-4-5-10(14)8-6-9(13)12(16-3)11(7-8)15-2/h6-7,10H,4-5,14H2,1-3H3/t10-/m1/s1. The molecule has 0 aliphatic rings. The molecule has 0 aromatic heterocycles. The molecule has 0 saturated carbocycles. The molecule has 90 valence electrons. The average Bonchev–Trinajstić information content (AvgIpc) is 2.28. The zero-order valence-corrected chi connectivity index (χ0v) is 10.7. The van der Waals surface area contributed by atoms with Crippen molar-refractivity contribution in [1.82, 2.24) is 0 Å². The molecule has 0 bridgehead atoms. The number of nitrogens with two attached hydrogens (primary N) is 1. The average molecular weight is 244 g/mol. The van der Waals surface area contributed by atoms with Crippen molar-refractivity contribution in [3.63, 3.8) is 0 Å². The Morgan fingerprint density at radius 2 is 2.00 bits per heavy atom. The first kappa shape index (κ1) is 13.1. The Labute approximate surface area is 101 Å². The van der Waals surface area contributed by atoms with E-state index in [4.69, 9.17) is 26.8 Å². The molecule has 0 saturated heterocycles. The first-order valence-electron chi connectivity index (χ1n) is 5.31. The van der Waals surface area contributed by atoms with Crippen molar-refractivity contribution in [2.45, 2.75) is 25.8 Å². The van der Waals surface area contributed by atoms with Gasteiger partial charge in [0.1, 0.15) is 0 Å². The maximum absolute atomic E-state index is 6.10. The summed E-state index contributed by atoms with van der Waals surface area (Å²) in [5.74, 6) is 1.17. The van der Waals surface area contributed by atoms with E-state index in [1.54, 1.807) is 14.2 Å². The lowest BCUT2D eigenvalue weighted by Gasteiger charge is -2.15. The molecule has 0 heterocycles. The first-order valence-corrected chi connectivity index (χ1v) is 5.68. The highest BCUT2D eigenvalue weighted by atomic mass is 35.5. The summed E-state index contributed by atoms with van der Waals surface area (Å²) in [5, 5.41) is 0.531. The van der Waals surface area contributed by atoms with E-state index in [0.29, 0.717) is 16.5 Å². The van der Waals surface area contributed by atoms with Crippen LogP contribution in [0.2, 0.25) is 5.02 Å². The van der Waals surface area contributed by atoms with Crippen LogP contribution in [0, 0.1) is 0 Å². The fourth-order valence-corrected chi connectivity index (χ4v) is 1.93. The molecule has 0 amide bonds. The van der Waals surface area contributed by atoms with Crippen LogP contribution in [0.15, 0.2) is 12.1 Å². The highest BCUT2D eigenvalue weighted by Gasteiger charge is 2.14. The molecule has 1 atom stereocenters. The number of benzene rings is 1. The Balaban J connectivity index is 3.09. The van der Waals surface area contributed by atoms with Crippen molar-refractivity contribution in [2.75, 3.05) is 14.2 Å². The third kappa shape index (κ3) is 2.80. The predicted molar refractivity (Wildman–Crippen MR) is 66.4 cm³/mol. The third-order valence-electron chi connectivity index (χ3n) is 2.48. The monoisotopic (exact) mass is 243 g/mol. The summed E-state index contributed by atoms with van der Waals surface area (Å²) in [6.45, 7) is 2.10.